The van der Waals surface area contributed by atoms with Crippen molar-refractivity contribution in [1.82, 2.24) is 14.4 Å². The molecule has 3 rings (SSSR count). The summed E-state index contributed by atoms with van der Waals surface area (Å²) in [6.07, 6.45) is 5.88. The van der Waals surface area contributed by atoms with E-state index in [4.69, 9.17) is 5.73 Å². The SMILES string of the molecule is Cc1cccn2cc(CSc3ccc(N)nc3)nc12. The van der Waals surface area contributed by atoms with Crippen LogP contribution in [0.4, 0.5) is 5.82 Å². The van der Waals surface area contributed by atoms with Crippen LogP contribution in [0.2, 0.25) is 0 Å². The van der Waals surface area contributed by atoms with E-state index in [1.165, 1.54) is 5.56 Å². The molecule has 0 bridgehead atoms. The van der Waals surface area contributed by atoms with E-state index in [1.807, 2.05) is 24.4 Å². The van der Waals surface area contributed by atoms with Crippen molar-refractivity contribution < 1.29 is 0 Å². The van der Waals surface area contributed by atoms with Crippen LogP contribution in [0.5, 0.6) is 0 Å². The quantitative estimate of drug-likeness (QED) is 0.743. The standard InChI is InChI=1S/C14H14N4S/c1-10-3-2-6-18-8-11(17-14(10)18)9-19-12-4-5-13(15)16-7-12/h2-8H,9H2,1H3,(H2,15,16). The molecule has 0 aliphatic carbocycles. The van der Waals surface area contributed by atoms with Crippen molar-refractivity contribution in [3.63, 3.8) is 0 Å². The minimum atomic E-state index is 0.549. The Labute approximate surface area is 115 Å². The molecule has 0 aliphatic rings. The summed E-state index contributed by atoms with van der Waals surface area (Å²) in [7, 11) is 0. The zero-order valence-corrected chi connectivity index (χ0v) is 11.4. The smallest absolute Gasteiger partial charge is 0.139 e. The Balaban J connectivity index is 1.78. The molecular formula is C14H14N4S. The fourth-order valence-electron chi connectivity index (χ4n) is 1.91. The zero-order valence-electron chi connectivity index (χ0n) is 10.6. The van der Waals surface area contributed by atoms with Crippen molar-refractivity contribution in [3.8, 4) is 0 Å². The van der Waals surface area contributed by atoms with Crippen LogP contribution < -0.4 is 5.73 Å². The molecule has 0 amide bonds. The normalized spacial score (nSPS) is 11.0. The van der Waals surface area contributed by atoms with Gasteiger partial charge in [-0.1, -0.05) is 6.07 Å². The summed E-state index contributed by atoms with van der Waals surface area (Å²) in [4.78, 5) is 9.82. The largest absolute Gasteiger partial charge is 0.384 e. The van der Waals surface area contributed by atoms with Gasteiger partial charge in [-0.2, -0.15) is 0 Å². The number of rotatable bonds is 3. The van der Waals surface area contributed by atoms with Crippen LogP contribution in [0.1, 0.15) is 11.3 Å². The maximum atomic E-state index is 5.57. The Morgan fingerprint density at radius 1 is 1.32 bits per heavy atom. The van der Waals surface area contributed by atoms with Gasteiger partial charge in [-0.25, -0.2) is 9.97 Å². The molecule has 3 heterocycles. The molecule has 3 aromatic rings. The predicted molar refractivity (Wildman–Crippen MR) is 78.1 cm³/mol. The van der Waals surface area contributed by atoms with E-state index in [0.29, 0.717) is 5.82 Å². The molecule has 0 atom stereocenters. The summed E-state index contributed by atoms with van der Waals surface area (Å²) in [6, 6.07) is 7.90. The first-order valence-electron chi connectivity index (χ1n) is 6.00. The third-order valence-corrected chi connectivity index (χ3v) is 3.89. The second-order valence-electron chi connectivity index (χ2n) is 4.36. The van der Waals surface area contributed by atoms with Crippen molar-refractivity contribution in [3.05, 3.63) is 54.1 Å². The van der Waals surface area contributed by atoms with E-state index >= 15 is 0 Å². The van der Waals surface area contributed by atoms with Crippen LogP contribution in [0.15, 0.2) is 47.8 Å². The molecule has 19 heavy (non-hydrogen) atoms. The highest BCUT2D eigenvalue weighted by atomic mass is 32.2. The fraction of sp³-hybridized carbons (Fsp3) is 0.143. The molecule has 0 aromatic carbocycles. The van der Waals surface area contributed by atoms with Gasteiger partial charge < -0.3 is 10.1 Å². The molecule has 0 radical (unpaired) electrons. The van der Waals surface area contributed by atoms with Gasteiger partial charge in [0.2, 0.25) is 0 Å². The number of hydrogen-bond acceptors (Lipinski definition) is 4. The van der Waals surface area contributed by atoms with Gasteiger partial charge in [-0.05, 0) is 30.7 Å². The van der Waals surface area contributed by atoms with Gasteiger partial charge in [-0.15, -0.1) is 11.8 Å². The minimum Gasteiger partial charge on any atom is -0.384 e. The van der Waals surface area contributed by atoms with Crippen molar-refractivity contribution in [2.75, 3.05) is 5.73 Å². The molecule has 5 heteroatoms. The number of thioether (sulfide) groups is 1. The molecule has 3 aromatic heterocycles. The number of pyridine rings is 2. The number of imidazole rings is 1. The topological polar surface area (TPSA) is 56.2 Å². The van der Waals surface area contributed by atoms with Crippen LogP contribution in [0.25, 0.3) is 5.65 Å². The molecule has 96 valence electrons. The van der Waals surface area contributed by atoms with Gasteiger partial charge in [-0.3, -0.25) is 0 Å². The van der Waals surface area contributed by atoms with Crippen LogP contribution in [-0.2, 0) is 5.75 Å². The summed E-state index contributed by atoms with van der Waals surface area (Å²) >= 11 is 1.71. The predicted octanol–water partition coefficient (Wildman–Crippen LogP) is 2.91. The van der Waals surface area contributed by atoms with Crippen molar-refractivity contribution in [2.24, 2.45) is 0 Å². The Bertz CT molecular complexity index is 703. The lowest BCUT2D eigenvalue weighted by Gasteiger charge is -1.98. The zero-order chi connectivity index (χ0) is 13.2. The number of nitrogens with two attached hydrogens (primary N) is 1. The highest BCUT2D eigenvalue weighted by Gasteiger charge is 2.04. The Morgan fingerprint density at radius 2 is 2.21 bits per heavy atom. The first-order valence-corrected chi connectivity index (χ1v) is 6.98. The molecule has 0 saturated carbocycles. The molecule has 4 nitrogen and oxygen atoms in total. The Kier molecular flexibility index (Phi) is 3.13. The number of aromatic nitrogens is 3. The van der Waals surface area contributed by atoms with Gasteiger partial charge in [0.05, 0.1) is 5.69 Å². The van der Waals surface area contributed by atoms with E-state index in [9.17, 15) is 0 Å². The molecular weight excluding hydrogens is 256 g/mol. The third-order valence-electron chi connectivity index (χ3n) is 2.87. The molecule has 0 fully saturated rings. The van der Waals surface area contributed by atoms with Gasteiger partial charge in [0, 0.05) is 29.2 Å². The maximum Gasteiger partial charge on any atom is 0.139 e. The lowest BCUT2D eigenvalue weighted by Crippen LogP contribution is -1.88. The summed E-state index contributed by atoms with van der Waals surface area (Å²) in [5, 5.41) is 0. The monoisotopic (exact) mass is 270 g/mol. The molecule has 0 unspecified atom stereocenters. The van der Waals surface area contributed by atoms with E-state index in [-0.39, 0.29) is 0 Å². The average Bonchev–Trinajstić information content (AvgIpc) is 2.83. The van der Waals surface area contributed by atoms with Crippen LogP contribution in [0.3, 0.4) is 0 Å². The van der Waals surface area contributed by atoms with Crippen molar-refractivity contribution in [1.29, 1.82) is 0 Å². The highest BCUT2D eigenvalue weighted by molar-refractivity contribution is 7.98. The van der Waals surface area contributed by atoms with E-state index < -0.39 is 0 Å². The van der Waals surface area contributed by atoms with E-state index in [0.717, 1.165) is 22.0 Å². The fourth-order valence-corrected chi connectivity index (χ4v) is 2.65. The number of aryl methyl sites for hydroxylation is 1. The van der Waals surface area contributed by atoms with Crippen molar-refractivity contribution in [2.45, 2.75) is 17.6 Å². The first-order chi connectivity index (χ1) is 9.22. The average molecular weight is 270 g/mol. The number of fused-ring (bicyclic) bond motifs is 1. The van der Waals surface area contributed by atoms with E-state index in [2.05, 4.69) is 33.6 Å². The Morgan fingerprint density at radius 3 is 2.95 bits per heavy atom. The van der Waals surface area contributed by atoms with E-state index in [1.54, 1.807) is 18.0 Å². The van der Waals surface area contributed by atoms with Crippen LogP contribution >= 0.6 is 11.8 Å². The van der Waals surface area contributed by atoms with Crippen LogP contribution in [-0.4, -0.2) is 14.4 Å². The summed E-state index contributed by atoms with van der Waals surface area (Å²) < 4.78 is 2.06. The maximum absolute atomic E-state index is 5.57. The van der Waals surface area contributed by atoms with Crippen molar-refractivity contribution >= 4 is 23.2 Å². The molecule has 2 N–H and O–H groups in total. The number of anilines is 1. The highest BCUT2D eigenvalue weighted by Crippen LogP contribution is 2.22. The van der Waals surface area contributed by atoms with Gasteiger partial charge in [0.25, 0.3) is 0 Å². The minimum absolute atomic E-state index is 0.549. The number of nitrogen functional groups attached to an aromatic ring is 1. The summed E-state index contributed by atoms with van der Waals surface area (Å²) in [5.41, 5.74) is 8.84. The van der Waals surface area contributed by atoms with Crippen LogP contribution in [0, 0.1) is 6.92 Å². The lowest BCUT2D eigenvalue weighted by molar-refractivity contribution is 1.16. The van der Waals surface area contributed by atoms with Gasteiger partial charge in [0.15, 0.2) is 0 Å². The Hall–Kier alpha value is -2.01. The second-order valence-corrected chi connectivity index (χ2v) is 5.41. The second kappa shape index (κ2) is 4.93. The van der Waals surface area contributed by atoms with Gasteiger partial charge >= 0.3 is 0 Å². The first kappa shape index (κ1) is 12.0. The lowest BCUT2D eigenvalue weighted by atomic mass is 10.3. The number of nitrogens with zero attached hydrogens (tertiary/aromatic N) is 3. The van der Waals surface area contributed by atoms with Gasteiger partial charge in [0.1, 0.15) is 11.5 Å². The molecule has 0 spiro atoms. The molecule has 0 saturated heterocycles. The summed E-state index contributed by atoms with van der Waals surface area (Å²) in [6.45, 7) is 2.07. The molecule has 0 aliphatic heterocycles. The number of hydrogen-bond donors (Lipinski definition) is 1. The third kappa shape index (κ3) is 2.56. The summed E-state index contributed by atoms with van der Waals surface area (Å²) in [5.74, 6) is 1.37.